The second kappa shape index (κ2) is 10.3. The normalized spacial score (nSPS) is 11.8. The van der Waals surface area contributed by atoms with Crippen LogP contribution in [0.2, 0.25) is 0 Å². The minimum absolute atomic E-state index is 0.884. The average Bonchev–Trinajstić information content (AvgIpc) is 3.72. The number of rotatable bonds is 4. The second-order valence-electron chi connectivity index (χ2n) is 12.1. The molecule has 47 heavy (non-hydrogen) atoms. The van der Waals surface area contributed by atoms with Crippen LogP contribution in [0.15, 0.2) is 168 Å². The highest BCUT2D eigenvalue weighted by Gasteiger charge is 2.23. The Morgan fingerprint density at radius 3 is 1.87 bits per heavy atom. The van der Waals surface area contributed by atoms with E-state index < -0.39 is 0 Å². The average molecular weight is 618 g/mol. The number of hydrogen-bond donors (Lipinski definition) is 0. The van der Waals surface area contributed by atoms with Crippen molar-refractivity contribution in [3.63, 3.8) is 0 Å². The zero-order valence-corrected chi connectivity index (χ0v) is 26.2. The highest BCUT2D eigenvalue weighted by Crippen LogP contribution is 2.48. The van der Waals surface area contributed by atoms with Crippen LogP contribution in [0.5, 0.6) is 0 Å². The molecular weight excluding hydrogens is 591 g/mol. The van der Waals surface area contributed by atoms with E-state index >= 15 is 0 Å². The van der Waals surface area contributed by atoms with E-state index in [9.17, 15) is 0 Å². The van der Waals surface area contributed by atoms with Gasteiger partial charge in [-0.15, -0.1) is 11.3 Å². The van der Waals surface area contributed by atoms with E-state index in [1.54, 1.807) is 0 Å². The molecule has 2 heterocycles. The van der Waals surface area contributed by atoms with E-state index in [-0.39, 0.29) is 0 Å². The van der Waals surface area contributed by atoms with Crippen LogP contribution in [0.4, 0.5) is 17.1 Å². The van der Waals surface area contributed by atoms with Gasteiger partial charge in [0, 0.05) is 37.3 Å². The first-order valence-corrected chi connectivity index (χ1v) is 16.7. The maximum atomic E-state index is 6.89. The number of furan rings is 1. The van der Waals surface area contributed by atoms with Crippen molar-refractivity contribution >= 4 is 92.1 Å². The van der Waals surface area contributed by atoms with Gasteiger partial charge in [0.15, 0.2) is 5.58 Å². The van der Waals surface area contributed by atoms with Gasteiger partial charge in [-0.2, -0.15) is 0 Å². The van der Waals surface area contributed by atoms with Gasteiger partial charge < -0.3 is 9.32 Å². The molecule has 0 radical (unpaired) electrons. The third-order valence-electron chi connectivity index (χ3n) is 9.46. The summed E-state index contributed by atoms with van der Waals surface area (Å²) in [5.41, 5.74) is 7.48. The largest absolute Gasteiger partial charge is 0.453 e. The Hall–Kier alpha value is -5.90. The fraction of sp³-hybridized carbons (Fsp3) is 0. The molecule has 0 fully saturated rings. The lowest BCUT2D eigenvalue weighted by molar-refractivity contribution is 0.673. The Balaban J connectivity index is 1.23. The summed E-state index contributed by atoms with van der Waals surface area (Å²) in [6.45, 7) is 0. The van der Waals surface area contributed by atoms with Gasteiger partial charge in [0.25, 0.3) is 0 Å². The van der Waals surface area contributed by atoms with Crippen molar-refractivity contribution in [2.45, 2.75) is 0 Å². The summed E-state index contributed by atoms with van der Waals surface area (Å²) in [5, 5.41) is 9.61. The van der Waals surface area contributed by atoms with Crippen LogP contribution < -0.4 is 4.90 Å². The van der Waals surface area contributed by atoms with E-state index in [0.717, 1.165) is 44.4 Å². The van der Waals surface area contributed by atoms with Crippen molar-refractivity contribution in [1.29, 1.82) is 0 Å². The highest BCUT2D eigenvalue weighted by molar-refractivity contribution is 7.26. The lowest BCUT2D eigenvalue weighted by Gasteiger charge is -2.26. The van der Waals surface area contributed by atoms with Crippen molar-refractivity contribution in [2.75, 3.05) is 4.90 Å². The molecule has 8 aromatic carbocycles. The monoisotopic (exact) mass is 617 g/mol. The molecule has 0 spiro atoms. The third kappa shape index (κ3) is 4.04. The van der Waals surface area contributed by atoms with Crippen molar-refractivity contribution < 1.29 is 4.42 Å². The van der Waals surface area contributed by atoms with Crippen LogP contribution in [-0.4, -0.2) is 0 Å². The molecule has 0 amide bonds. The molecule has 0 N–H and O–H groups in total. The molecule has 10 aromatic rings. The molecule has 0 bridgehead atoms. The van der Waals surface area contributed by atoms with Crippen LogP contribution in [0.1, 0.15) is 0 Å². The SMILES string of the molecule is c1ccc2c(-c3ccc(N(c4cccc5c4oc4c6ccccc6ccc54)c4cccc5c4sc4ccccc45)cc3)cccc2c1. The van der Waals surface area contributed by atoms with Gasteiger partial charge in [0.1, 0.15) is 5.58 Å². The number of anilines is 3. The zero-order chi connectivity index (χ0) is 30.9. The predicted molar refractivity (Wildman–Crippen MR) is 202 cm³/mol. The van der Waals surface area contributed by atoms with E-state index in [0.29, 0.717) is 0 Å². The van der Waals surface area contributed by atoms with Gasteiger partial charge in [0.05, 0.1) is 16.1 Å². The van der Waals surface area contributed by atoms with Crippen LogP contribution >= 0.6 is 11.3 Å². The summed E-state index contributed by atoms with van der Waals surface area (Å²) < 4.78 is 9.44. The first-order chi connectivity index (χ1) is 23.3. The minimum atomic E-state index is 0.884. The smallest absolute Gasteiger partial charge is 0.159 e. The highest BCUT2D eigenvalue weighted by atomic mass is 32.1. The molecule has 2 nitrogen and oxygen atoms in total. The van der Waals surface area contributed by atoms with Gasteiger partial charge in [-0.3, -0.25) is 0 Å². The number of fused-ring (bicyclic) bond motifs is 9. The van der Waals surface area contributed by atoms with E-state index in [1.807, 2.05) is 11.3 Å². The molecule has 3 heteroatoms. The molecule has 0 aliphatic heterocycles. The van der Waals surface area contributed by atoms with E-state index in [1.165, 1.54) is 47.5 Å². The standard InChI is InChI=1S/C44H27NOS/c1-3-13-32-28(10-1)12-7-16-33(32)30-22-25-31(26-23-30)45(40-20-9-18-38-35-15-5-6-21-41(35)47-44(38)40)39-19-8-17-36-37-27-24-29-11-2-4-14-34(29)42(37)46-43(36)39/h1-27H. The molecular formula is C44H27NOS. The van der Waals surface area contributed by atoms with Crippen molar-refractivity contribution in [3.8, 4) is 11.1 Å². The summed E-state index contributed by atoms with van der Waals surface area (Å²) in [6.07, 6.45) is 0. The first-order valence-electron chi connectivity index (χ1n) is 15.9. The minimum Gasteiger partial charge on any atom is -0.453 e. The maximum Gasteiger partial charge on any atom is 0.159 e. The fourth-order valence-electron chi connectivity index (χ4n) is 7.27. The quantitative estimate of drug-likeness (QED) is 0.195. The Bertz CT molecular complexity index is 2800. The summed E-state index contributed by atoms with van der Waals surface area (Å²) in [6, 6.07) is 58.9. The molecule has 0 atom stereocenters. The molecule has 10 rings (SSSR count). The molecule has 0 unspecified atom stereocenters. The maximum absolute atomic E-state index is 6.89. The van der Waals surface area contributed by atoms with Crippen molar-refractivity contribution in [2.24, 2.45) is 0 Å². The number of benzene rings is 8. The number of hydrogen-bond acceptors (Lipinski definition) is 3. The van der Waals surface area contributed by atoms with Crippen LogP contribution in [-0.2, 0) is 0 Å². The second-order valence-corrected chi connectivity index (χ2v) is 13.1. The summed E-state index contributed by atoms with van der Waals surface area (Å²) in [7, 11) is 0. The third-order valence-corrected chi connectivity index (χ3v) is 10.7. The molecule has 0 aliphatic carbocycles. The Kier molecular flexibility index (Phi) is 5.78. The van der Waals surface area contributed by atoms with Crippen molar-refractivity contribution in [1.82, 2.24) is 0 Å². The van der Waals surface area contributed by atoms with Gasteiger partial charge in [0.2, 0.25) is 0 Å². The van der Waals surface area contributed by atoms with Crippen LogP contribution in [0.25, 0.3) is 74.8 Å². The lowest BCUT2D eigenvalue weighted by Crippen LogP contribution is -2.10. The fourth-order valence-corrected chi connectivity index (χ4v) is 8.48. The van der Waals surface area contributed by atoms with Crippen LogP contribution in [0.3, 0.4) is 0 Å². The first kappa shape index (κ1) is 26.3. The number of nitrogens with zero attached hydrogens (tertiary/aromatic N) is 1. The van der Waals surface area contributed by atoms with Gasteiger partial charge in [-0.05, 0) is 63.7 Å². The number of thiophene rings is 1. The topological polar surface area (TPSA) is 16.4 Å². The summed E-state index contributed by atoms with van der Waals surface area (Å²) in [4.78, 5) is 2.39. The molecule has 220 valence electrons. The predicted octanol–water partition coefficient (Wildman–Crippen LogP) is 13.4. The van der Waals surface area contributed by atoms with Gasteiger partial charge in [-0.1, -0.05) is 127 Å². The molecule has 0 aliphatic rings. The van der Waals surface area contributed by atoms with E-state index in [4.69, 9.17) is 4.42 Å². The van der Waals surface area contributed by atoms with E-state index in [2.05, 4.69) is 169 Å². The molecule has 2 aromatic heterocycles. The Morgan fingerprint density at radius 2 is 1.02 bits per heavy atom. The lowest BCUT2D eigenvalue weighted by atomic mass is 9.98. The summed E-state index contributed by atoms with van der Waals surface area (Å²) >= 11 is 1.85. The van der Waals surface area contributed by atoms with Gasteiger partial charge >= 0.3 is 0 Å². The Labute approximate surface area is 275 Å². The number of para-hydroxylation sites is 1. The molecule has 0 saturated carbocycles. The molecule has 0 saturated heterocycles. The zero-order valence-electron chi connectivity index (χ0n) is 25.4. The summed E-state index contributed by atoms with van der Waals surface area (Å²) in [5.74, 6) is 0. The van der Waals surface area contributed by atoms with Crippen molar-refractivity contribution in [3.05, 3.63) is 164 Å². The van der Waals surface area contributed by atoms with Gasteiger partial charge in [-0.25, -0.2) is 0 Å². The Morgan fingerprint density at radius 1 is 0.404 bits per heavy atom. The van der Waals surface area contributed by atoms with Crippen LogP contribution in [0, 0.1) is 0 Å².